The van der Waals surface area contributed by atoms with Crippen molar-refractivity contribution in [1.82, 2.24) is 9.80 Å². The summed E-state index contributed by atoms with van der Waals surface area (Å²) in [5.41, 5.74) is 0. The summed E-state index contributed by atoms with van der Waals surface area (Å²) in [5.74, 6) is -5.52. The van der Waals surface area contributed by atoms with Gasteiger partial charge in [-0.15, -0.1) is 0 Å². The number of hydrogen-bond acceptors (Lipinski definition) is 8. The standard InChI is InChI=1S/C10H16N2O8.Cd/c13-7(14)3-11(4-8(15)16)1-2-12(5-9(17)18)6-10(19)20;/h1-6H2,(H,13,14)(H,15,16)(H,17,18)(H,19,20);/q;+2/p-2. The van der Waals surface area contributed by atoms with Crippen LogP contribution in [0.25, 0.3) is 0 Å². The smallest absolute Gasteiger partial charge is 0.549 e. The van der Waals surface area contributed by atoms with Gasteiger partial charge in [0.05, 0.1) is 25.0 Å². The molecule has 21 heavy (non-hydrogen) atoms. The molecule has 114 valence electrons. The van der Waals surface area contributed by atoms with Gasteiger partial charge < -0.3 is 30.0 Å². The largest absolute Gasteiger partial charge is 2.00 e. The molecule has 2 N–H and O–H groups in total. The van der Waals surface area contributed by atoms with Gasteiger partial charge in [-0.05, 0) is 0 Å². The van der Waals surface area contributed by atoms with Crippen LogP contribution in [-0.4, -0.2) is 83.2 Å². The van der Waals surface area contributed by atoms with E-state index in [1.54, 1.807) is 0 Å². The van der Waals surface area contributed by atoms with E-state index in [1.807, 2.05) is 0 Å². The Kier molecular flexibility index (Phi) is 11.9. The molecule has 10 nitrogen and oxygen atoms in total. The first-order chi connectivity index (χ1) is 9.20. The van der Waals surface area contributed by atoms with Crippen LogP contribution in [0.4, 0.5) is 0 Å². The zero-order chi connectivity index (χ0) is 15.7. The van der Waals surface area contributed by atoms with E-state index in [9.17, 15) is 29.4 Å². The molecular formula is C10H14CdN2O8. The van der Waals surface area contributed by atoms with Gasteiger partial charge in [0.2, 0.25) is 0 Å². The molecule has 0 rings (SSSR count). The van der Waals surface area contributed by atoms with Crippen molar-refractivity contribution in [3.8, 4) is 0 Å². The predicted octanol–water partition coefficient (Wildman–Crippen LogP) is -4.74. The van der Waals surface area contributed by atoms with Gasteiger partial charge >= 0.3 is 39.2 Å². The Bertz CT molecular complexity index is 321. The molecule has 11 heteroatoms. The van der Waals surface area contributed by atoms with Crippen LogP contribution in [0.2, 0.25) is 0 Å². The second-order valence-corrected chi connectivity index (χ2v) is 3.95. The van der Waals surface area contributed by atoms with Crippen LogP contribution in [0.5, 0.6) is 0 Å². The van der Waals surface area contributed by atoms with E-state index in [-0.39, 0.29) is 40.4 Å². The molecule has 0 fully saturated rings. The van der Waals surface area contributed by atoms with Crippen LogP contribution in [-0.2, 0) is 46.5 Å². The Morgan fingerprint density at radius 2 is 1.00 bits per heavy atom. The van der Waals surface area contributed by atoms with Gasteiger partial charge in [0.1, 0.15) is 0 Å². The molecule has 0 radical (unpaired) electrons. The minimum atomic E-state index is -1.51. The maximum absolute atomic E-state index is 10.5. The molecule has 0 saturated heterocycles. The third kappa shape index (κ3) is 13.5. The van der Waals surface area contributed by atoms with E-state index >= 15 is 0 Å². The molecule has 0 bridgehead atoms. The molecule has 0 aromatic carbocycles. The van der Waals surface area contributed by atoms with Gasteiger partial charge in [0, 0.05) is 26.2 Å². The summed E-state index contributed by atoms with van der Waals surface area (Å²) in [5, 5.41) is 38.0. The van der Waals surface area contributed by atoms with Crippen LogP contribution >= 0.6 is 0 Å². The molecule has 0 heterocycles. The summed E-state index contributed by atoms with van der Waals surface area (Å²) in [7, 11) is 0. The van der Waals surface area contributed by atoms with Crippen molar-refractivity contribution in [2.24, 2.45) is 0 Å². The summed E-state index contributed by atoms with van der Waals surface area (Å²) in [6, 6.07) is 0. The first-order valence-electron chi connectivity index (χ1n) is 5.48. The van der Waals surface area contributed by atoms with Crippen LogP contribution in [0, 0.1) is 0 Å². The Labute approximate surface area is 140 Å². The van der Waals surface area contributed by atoms with Crippen LogP contribution in [0.15, 0.2) is 0 Å². The third-order valence-electron chi connectivity index (χ3n) is 2.16. The predicted molar refractivity (Wildman–Crippen MR) is 58.2 cm³/mol. The second-order valence-electron chi connectivity index (χ2n) is 3.95. The van der Waals surface area contributed by atoms with Crippen molar-refractivity contribution in [3.63, 3.8) is 0 Å². The number of carboxylic acids is 4. The molecule has 0 saturated carbocycles. The van der Waals surface area contributed by atoms with Gasteiger partial charge in [0.15, 0.2) is 0 Å². The van der Waals surface area contributed by atoms with Gasteiger partial charge in [-0.3, -0.25) is 19.4 Å². The molecule has 0 aromatic rings. The molecule has 0 aliphatic heterocycles. The van der Waals surface area contributed by atoms with Crippen molar-refractivity contribution in [2.75, 3.05) is 39.3 Å². The molecule has 0 aliphatic carbocycles. The normalized spacial score (nSPS) is 10.2. The number of hydrogen-bond donors (Lipinski definition) is 2. The summed E-state index contributed by atoms with van der Waals surface area (Å²) in [4.78, 5) is 43.9. The van der Waals surface area contributed by atoms with Crippen LogP contribution in [0.1, 0.15) is 0 Å². The molecule has 0 unspecified atom stereocenters. The van der Waals surface area contributed by atoms with E-state index in [0.717, 1.165) is 9.80 Å². The summed E-state index contributed by atoms with van der Waals surface area (Å²) >= 11 is 0. The number of nitrogens with zero attached hydrogens (tertiary/aromatic N) is 2. The summed E-state index contributed by atoms with van der Waals surface area (Å²) in [6.45, 7) is -2.75. The van der Waals surface area contributed by atoms with Crippen molar-refractivity contribution < 1.29 is 66.9 Å². The Hall–Kier alpha value is -1.28. The average Bonchev–Trinajstić information content (AvgIpc) is 2.22. The average molecular weight is 403 g/mol. The Morgan fingerprint density at radius 1 is 0.714 bits per heavy atom. The van der Waals surface area contributed by atoms with E-state index in [0.29, 0.717) is 0 Å². The second kappa shape index (κ2) is 11.4. The van der Waals surface area contributed by atoms with Crippen molar-refractivity contribution in [1.29, 1.82) is 0 Å². The fraction of sp³-hybridized carbons (Fsp3) is 0.600. The van der Waals surface area contributed by atoms with Crippen molar-refractivity contribution in [3.05, 3.63) is 0 Å². The van der Waals surface area contributed by atoms with Gasteiger partial charge in [-0.25, -0.2) is 0 Å². The summed E-state index contributed by atoms with van der Waals surface area (Å²) < 4.78 is 0. The monoisotopic (exact) mass is 404 g/mol. The molecular weight excluding hydrogens is 389 g/mol. The molecule has 0 atom stereocenters. The number of carbonyl (C=O) groups is 4. The molecule has 0 aromatic heterocycles. The zero-order valence-electron chi connectivity index (χ0n) is 11.2. The minimum Gasteiger partial charge on any atom is -0.549 e. The number of carboxylic acid groups (broad SMARTS) is 4. The topological polar surface area (TPSA) is 161 Å². The fourth-order valence-corrected chi connectivity index (χ4v) is 1.46. The molecule has 0 spiro atoms. The van der Waals surface area contributed by atoms with Crippen LogP contribution in [0.3, 0.4) is 0 Å². The van der Waals surface area contributed by atoms with Gasteiger partial charge in [-0.1, -0.05) is 0 Å². The van der Waals surface area contributed by atoms with Crippen molar-refractivity contribution in [2.45, 2.75) is 0 Å². The van der Waals surface area contributed by atoms with E-state index in [4.69, 9.17) is 10.2 Å². The maximum atomic E-state index is 10.5. The maximum Gasteiger partial charge on any atom is 2.00 e. The molecule has 0 aliphatic rings. The molecule has 0 amide bonds. The van der Waals surface area contributed by atoms with Crippen molar-refractivity contribution >= 4 is 23.9 Å². The SMILES string of the molecule is O=C([O-])CN(CCN(CC(=O)O)CC(=O)O)CC(=O)[O-].[Cd+2]. The van der Waals surface area contributed by atoms with E-state index in [2.05, 4.69) is 0 Å². The summed E-state index contributed by atoms with van der Waals surface area (Å²) in [6.07, 6.45) is 0. The minimum absolute atomic E-state index is 0. The van der Waals surface area contributed by atoms with E-state index in [1.165, 1.54) is 0 Å². The number of rotatable bonds is 11. The Morgan fingerprint density at radius 3 is 1.24 bits per heavy atom. The Balaban J connectivity index is 0. The first-order valence-corrected chi connectivity index (χ1v) is 5.48. The number of aliphatic carboxylic acids is 4. The quantitative estimate of drug-likeness (QED) is 0.321. The van der Waals surface area contributed by atoms with E-state index < -0.39 is 50.1 Å². The first kappa shape index (κ1) is 22.0. The van der Waals surface area contributed by atoms with Gasteiger partial charge in [-0.2, -0.15) is 0 Å². The number of carbonyl (C=O) groups excluding carboxylic acids is 2. The fourth-order valence-electron chi connectivity index (χ4n) is 1.46. The van der Waals surface area contributed by atoms with Crippen LogP contribution < -0.4 is 10.2 Å². The third-order valence-corrected chi connectivity index (χ3v) is 2.16. The zero-order valence-corrected chi connectivity index (χ0v) is 15.2. The van der Waals surface area contributed by atoms with Gasteiger partial charge in [0.25, 0.3) is 0 Å².